The molecule has 2 fully saturated rings. The van der Waals surface area contributed by atoms with Gasteiger partial charge in [0.15, 0.2) is 0 Å². The summed E-state index contributed by atoms with van der Waals surface area (Å²) < 4.78 is 5.30. The molecule has 0 N–H and O–H groups in total. The predicted octanol–water partition coefficient (Wildman–Crippen LogP) is 4.59. The van der Waals surface area contributed by atoms with Gasteiger partial charge in [0.05, 0.1) is 13.0 Å². The molecular weight excluding hydrogens is 388 g/mol. The van der Waals surface area contributed by atoms with E-state index in [1.807, 2.05) is 36.1 Å². The SMILES string of the molecule is COc1ccc2cc([C@H](C)C(=O)N3CCC(C(=O)N4CCCCCC4)CC3)ccc2c1. The van der Waals surface area contributed by atoms with E-state index in [1.165, 1.54) is 12.8 Å². The van der Waals surface area contributed by atoms with Gasteiger partial charge in [-0.2, -0.15) is 0 Å². The second-order valence-electron chi connectivity index (χ2n) is 9.03. The lowest BCUT2D eigenvalue weighted by atomic mass is 9.92. The second kappa shape index (κ2) is 9.71. The largest absolute Gasteiger partial charge is 0.497 e. The number of likely N-dealkylation sites (tertiary alicyclic amines) is 2. The maximum absolute atomic E-state index is 13.2. The minimum absolute atomic E-state index is 0.0769. The summed E-state index contributed by atoms with van der Waals surface area (Å²) in [4.78, 5) is 30.1. The molecular formula is C26H34N2O3. The molecule has 2 heterocycles. The summed E-state index contributed by atoms with van der Waals surface area (Å²) in [6.45, 7) is 5.16. The van der Waals surface area contributed by atoms with Crippen LogP contribution in [-0.2, 0) is 9.59 Å². The van der Waals surface area contributed by atoms with Gasteiger partial charge in [-0.3, -0.25) is 9.59 Å². The topological polar surface area (TPSA) is 49.9 Å². The molecule has 2 saturated heterocycles. The second-order valence-corrected chi connectivity index (χ2v) is 9.03. The first-order valence-electron chi connectivity index (χ1n) is 11.7. The number of carbonyl (C=O) groups excluding carboxylic acids is 2. The Kier molecular flexibility index (Phi) is 6.79. The molecule has 0 aliphatic carbocycles. The fourth-order valence-electron chi connectivity index (χ4n) is 4.95. The molecule has 2 aliphatic heterocycles. The molecule has 0 radical (unpaired) electrons. The molecule has 166 valence electrons. The standard InChI is InChI=1S/C26H34N2O3/c1-19(21-7-8-23-18-24(31-2)10-9-22(23)17-21)25(29)28-15-11-20(12-16-28)26(30)27-13-5-3-4-6-14-27/h7-10,17-20H,3-6,11-16H2,1-2H3/t19-/m0/s1. The Morgan fingerprint density at radius 1 is 0.871 bits per heavy atom. The number of fused-ring (bicyclic) bond motifs is 1. The van der Waals surface area contributed by atoms with Gasteiger partial charge in [0.2, 0.25) is 11.8 Å². The Balaban J connectivity index is 1.36. The monoisotopic (exact) mass is 422 g/mol. The number of ether oxygens (including phenoxy) is 1. The average Bonchev–Trinajstić information content (AvgIpc) is 3.11. The van der Waals surface area contributed by atoms with Crippen molar-refractivity contribution in [2.75, 3.05) is 33.3 Å². The van der Waals surface area contributed by atoms with Crippen LogP contribution < -0.4 is 4.74 Å². The van der Waals surface area contributed by atoms with Crippen LogP contribution in [0.2, 0.25) is 0 Å². The number of nitrogens with zero attached hydrogens (tertiary/aromatic N) is 2. The summed E-state index contributed by atoms with van der Waals surface area (Å²) in [6, 6.07) is 12.2. The highest BCUT2D eigenvalue weighted by Gasteiger charge is 2.32. The van der Waals surface area contributed by atoms with E-state index >= 15 is 0 Å². The van der Waals surface area contributed by atoms with Crippen LogP contribution in [0.25, 0.3) is 10.8 Å². The zero-order valence-corrected chi connectivity index (χ0v) is 18.8. The lowest BCUT2D eigenvalue weighted by molar-refractivity contribution is -0.141. The molecule has 4 rings (SSSR count). The molecule has 0 saturated carbocycles. The van der Waals surface area contributed by atoms with E-state index in [-0.39, 0.29) is 17.7 Å². The normalized spacial score (nSPS) is 19.2. The quantitative estimate of drug-likeness (QED) is 0.724. The third kappa shape index (κ3) is 4.86. The minimum Gasteiger partial charge on any atom is -0.497 e. The van der Waals surface area contributed by atoms with E-state index < -0.39 is 0 Å². The van der Waals surface area contributed by atoms with Gasteiger partial charge in [0.25, 0.3) is 0 Å². The van der Waals surface area contributed by atoms with Crippen LogP contribution in [0.3, 0.4) is 0 Å². The van der Waals surface area contributed by atoms with Gasteiger partial charge in [-0.05, 0) is 61.1 Å². The van der Waals surface area contributed by atoms with Crippen molar-refractivity contribution < 1.29 is 14.3 Å². The van der Waals surface area contributed by atoms with Crippen LogP contribution in [-0.4, -0.2) is 54.9 Å². The number of benzene rings is 2. The van der Waals surface area contributed by atoms with Gasteiger partial charge in [0, 0.05) is 32.1 Å². The first-order chi connectivity index (χ1) is 15.1. The van der Waals surface area contributed by atoms with Crippen LogP contribution in [0.1, 0.15) is 56.9 Å². The van der Waals surface area contributed by atoms with Crippen LogP contribution in [0.4, 0.5) is 0 Å². The minimum atomic E-state index is -0.190. The third-order valence-corrected chi connectivity index (χ3v) is 7.02. The van der Waals surface area contributed by atoms with Crippen molar-refractivity contribution in [3.63, 3.8) is 0 Å². The van der Waals surface area contributed by atoms with Crippen LogP contribution in [0.5, 0.6) is 5.75 Å². The Hall–Kier alpha value is -2.56. The zero-order valence-electron chi connectivity index (χ0n) is 18.8. The van der Waals surface area contributed by atoms with Gasteiger partial charge in [-0.1, -0.05) is 37.1 Å². The zero-order chi connectivity index (χ0) is 21.8. The van der Waals surface area contributed by atoms with Crippen molar-refractivity contribution in [1.29, 1.82) is 0 Å². The van der Waals surface area contributed by atoms with E-state index in [0.717, 1.165) is 60.9 Å². The highest BCUT2D eigenvalue weighted by atomic mass is 16.5. The molecule has 0 aromatic heterocycles. The Morgan fingerprint density at radius 2 is 1.52 bits per heavy atom. The molecule has 0 spiro atoms. The van der Waals surface area contributed by atoms with E-state index in [4.69, 9.17) is 4.74 Å². The molecule has 5 heteroatoms. The van der Waals surface area contributed by atoms with E-state index in [1.54, 1.807) is 7.11 Å². The fraction of sp³-hybridized carbons (Fsp3) is 0.538. The van der Waals surface area contributed by atoms with Gasteiger partial charge in [-0.25, -0.2) is 0 Å². The predicted molar refractivity (Wildman–Crippen MR) is 123 cm³/mol. The Labute approximate surface area is 185 Å². The Bertz CT molecular complexity index is 925. The number of hydrogen-bond acceptors (Lipinski definition) is 3. The summed E-state index contributed by atoms with van der Waals surface area (Å²) in [5.41, 5.74) is 1.03. The third-order valence-electron chi connectivity index (χ3n) is 7.02. The highest BCUT2D eigenvalue weighted by molar-refractivity contribution is 5.88. The maximum atomic E-state index is 13.2. The number of hydrogen-bond donors (Lipinski definition) is 0. The van der Waals surface area contributed by atoms with Crippen molar-refractivity contribution in [1.82, 2.24) is 9.80 Å². The number of carbonyl (C=O) groups is 2. The molecule has 2 amide bonds. The van der Waals surface area contributed by atoms with E-state index in [0.29, 0.717) is 19.0 Å². The van der Waals surface area contributed by atoms with E-state index in [2.05, 4.69) is 17.0 Å². The molecule has 0 bridgehead atoms. The fourth-order valence-corrected chi connectivity index (χ4v) is 4.95. The Morgan fingerprint density at radius 3 is 2.19 bits per heavy atom. The first-order valence-corrected chi connectivity index (χ1v) is 11.7. The maximum Gasteiger partial charge on any atom is 0.229 e. The van der Waals surface area contributed by atoms with Gasteiger partial charge >= 0.3 is 0 Å². The van der Waals surface area contributed by atoms with Crippen LogP contribution in [0, 0.1) is 5.92 Å². The summed E-state index contributed by atoms with van der Waals surface area (Å²) in [7, 11) is 1.67. The first kappa shape index (κ1) is 21.7. The van der Waals surface area contributed by atoms with Gasteiger partial charge in [-0.15, -0.1) is 0 Å². The summed E-state index contributed by atoms with van der Waals surface area (Å²) in [5.74, 6) is 1.19. The van der Waals surface area contributed by atoms with Crippen molar-refractivity contribution in [3.8, 4) is 5.75 Å². The summed E-state index contributed by atoms with van der Waals surface area (Å²) >= 11 is 0. The number of rotatable bonds is 4. The molecule has 2 aromatic rings. The summed E-state index contributed by atoms with van der Waals surface area (Å²) in [6.07, 6.45) is 6.28. The number of piperidine rings is 1. The lowest BCUT2D eigenvalue weighted by Gasteiger charge is -2.35. The van der Waals surface area contributed by atoms with Crippen molar-refractivity contribution >= 4 is 22.6 Å². The van der Waals surface area contributed by atoms with Crippen molar-refractivity contribution in [2.45, 2.75) is 51.4 Å². The van der Waals surface area contributed by atoms with Crippen molar-refractivity contribution in [2.24, 2.45) is 5.92 Å². The lowest BCUT2D eigenvalue weighted by Crippen LogP contribution is -2.45. The van der Waals surface area contributed by atoms with Gasteiger partial charge < -0.3 is 14.5 Å². The van der Waals surface area contributed by atoms with Crippen LogP contribution >= 0.6 is 0 Å². The number of methoxy groups -OCH3 is 1. The molecule has 2 aliphatic rings. The van der Waals surface area contributed by atoms with Gasteiger partial charge in [0.1, 0.15) is 5.75 Å². The molecule has 0 unspecified atom stereocenters. The highest BCUT2D eigenvalue weighted by Crippen LogP contribution is 2.28. The molecule has 2 aromatic carbocycles. The molecule has 31 heavy (non-hydrogen) atoms. The average molecular weight is 423 g/mol. The van der Waals surface area contributed by atoms with E-state index in [9.17, 15) is 9.59 Å². The molecule has 5 nitrogen and oxygen atoms in total. The summed E-state index contributed by atoms with van der Waals surface area (Å²) in [5, 5.41) is 2.22. The van der Waals surface area contributed by atoms with Crippen LogP contribution in [0.15, 0.2) is 36.4 Å². The smallest absolute Gasteiger partial charge is 0.229 e. The molecule has 1 atom stereocenters. The number of amides is 2. The van der Waals surface area contributed by atoms with Crippen molar-refractivity contribution in [3.05, 3.63) is 42.0 Å².